The third kappa shape index (κ3) is 2.50. The van der Waals surface area contributed by atoms with Gasteiger partial charge in [0.2, 0.25) is 0 Å². The summed E-state index contributed by atoms with van der Waals surface area (Å²) in [6, 6.07) is 0. The molecule has 2 fully saturated rings. The number of ether oxygens (including phenoxy) is 3. The van der Waals surface area contributed by atoms with Crippen molar-refractivity contribution < 1.29 is 19.3 Å². The molecule has 0 aromatic heterocycles. The molecule has 2 heterocycles. The summed E-state index contributed by atoms with van der Waals surface area (Å²) in [7, 11) is 0. The topological polar surface area (TPSA) is 47.9 Å². The van der Waals surface area contributed by atoms with Gasteiger partial charge in [0.25, 0.3) is 0 Å². The van der Waals surface area contributed by atoms with Crippen molar-refractivity contribution in [2.24, 2.45) is 11.8 Å². The van der Waals surface area contributed by atoms with Crippen molar-refractivity contribution in [3.8, 4) is 0 Å². The smallest absolute Gasteiger partial charge is 0.163 e. The molecule has 0 aliphatic carbocycles. The molecule has 0 amide bonds. The summed E-state index contributed by atoms with van der Waals surface area (Å²) in [6.45, 7) is 6.21. The molecule has 2 aliphatic heterocycles. The fourth-order valence-electron chi connectivity index (χ4n) is 2.42. The van der Waals surface area contributed by atoms with E-state index in [1.807, 2.05) is 13.8 Å². The molecule has 0 aromatic rings. The zero-order chi connectivity index (χ0) is 10.9. The molecular weight excluding hydrogens is 196 g/mol. The van der Waals surface area contributed by atoms with Crippen LogP contribution in [0.2, 0.25) is 0 Å². The lowest BCUT2D eigenvalue weighted by molar-refractivity contribution is -0.146. The molecule has 2 rings (SSSR count). The van der Waals surface area contributed by atoms with Crippen LogP contribution in [0.15, 0.2) is 0 Å². The summed E-state index contributed by atoms with van der Waals surface area (Å²) in [4.78, 5) is 0. The average Bonchev–Trinajstić information content (AvgIpc) is 2.72. The minimum atomic E-state index is -0.461. The van der Waals surface area contributed by atoms with Gasteiger partial charge in [-0.1, -0.05) is 0 Å². The van der Waals surface area contributed by atoms with Gasteiger partial charge in [0.15, 0.2) is 5.79 Å². The maximum absolute atomic E-state index is 8.96. The summed E-state index contributed by atoms with van der Waals surface area (Å²) < 4.78 is 16.8. The fourth-order valence-corrected chi connectivity index (χ4v) is 2.42. The van der Waals surface area contributed by atoms with Crippen LogP contribution in [0, 0.1) is 11.8 Å². The molecule has 0 bridgehead atoms. The van der Waals surface area contributed by atoms with Crippen molar-refractivity contribution in [2.75, 3.05) is 26.4 Å². The van der Waals surface area contributed by atoms with E-state index in [4.69, 9.17) is 19.3 Å². The van der Waals surface area contributed by atoms with Crippen LogP contribution in [0.1, 0.15) is 20.3 Å². The Bertz CT molecular complexity index is 217. The predicted molar refractivity (Wildman–Crippen MR) is 54.4 cm³/mol. The second-order valence-electron chi connectivity index (χ2n) is 4.84. The van der Waals surface area contributed by atoms with Gasteiger partial charge in [-0.25, -0.2) is 0 Å². The number of aliphatic hydroxyl groups excluding tert-OH is 1. The third-order valence-electron chi connectivity index (χ3n) is 3.26. The molecule has 0 radical (unpaired) electrons. The van der Waals surface area contributed by atoms with Gasteiger partial charge < -0.3 is 19.3 Å². The first kappa shape index (κ1) is 11.3. The monoisotopic (exact) mass is 216 g/mol. The predicted octanol–water partition coefficient (Wildman–Crippen LogP) is 0.783. The molecule has 3 atom stereocenters. The minimum Gasteiger partial charge on any atom is -0.396 e. The Hall–Kier alpha value is -0.160. The van der Waals surface area contributed by atoms with E-state index in [1.54, 1.807) is 0 Å². The Morgan fingerprint density at radius 1 is 1.27 bits per heavy atom. The Morgan fingerprint density at radius 3 is 2.67 bits per heavy atom. The summed E-state index contributed by atoms with van der Waals surface area (Å²) in [6.07, 6.45) is 0.921. The van der Waals surface area contributed by atoms with Crippen molar-refractivity contribution in [2.45, 2.75) is 32.2 Å². The third-order valence-corrected chi connectivity index (χ3v) is 3.26. The van der Waals surface area contributed by atoms with Gasteiger partial charge in [0, 0.05) is 19.1 Å². The molecule has 0 aromatic carbocycles. The van der Waals surface area contributed by atoms with Gasteiger partial charge in [-0.05, 0) is 26.2 Å². The van der Waals surface area contributed by atoms with Gasteiger partial charge in [0.05, 0.1) is 19.3 Å². The summed E-state index contributed by atoms with van der Waals surface area (Å²) in [5.74, 6) is 0.327. The van der Waals surface area contributed by atoms with E-state index in [-0.39, 0.29) is 12.7 Å². The minimum absolute atomic E-state index is 0.124. The molecule has 3 unspecified atom stereocenters. The van der Waals surface area contributed by atoms with E-state index in [1.165, 1.54) is 0 Å². The first-order valence-electron chi connectivity index (χ1n) is 5.63. The summed E-state index contributed by atoms with van der Waals surface area (Å²) >= 11 is 0. The first-order valence-corrected chi connectivity index (χ1v) is 5.63. The van der Waals surface area contributed by atoms with Crippen molar-refractivity contribution in [3.05, 3.63) is 0 Å². The zero-order valence-electron chi connectivity index (χ0n) is 9.44. The van der Waals surface area contributed by atoms with Crippen molar-refractivity contribution in [3.63, 3.8) is 0 Å². The van der Waals surface area contributed by atoms with Crippen molar-refractivity contribution >= 4 is 0 Å². The van der Waals surface area contributed by atoms with Gasteiger partial charge in [-0.15, -0.1) is 0 Å². The molecule has 4 heteroatoms. The van der Waals surface area contributed by atoms with Crippen LogP contribution in [-0.2, 0) is 14.2 Å². The number of aliphatic hydroxyl groups is 1. The van der Waals surface area contributed by atoms with Crippen LogP contribution in [0.4, 0.5) is 0 Å². The molecular formula is C11H20O4. The highest BCUT2D eigenvalue weighted by molar-refractivity contribution is 4.85. The highest BCUT2D eigenvalue weighted by atomic mass is 16.7. The Labute approximate surface area is 90.5 Å². The van der Waals surface area contributed by atoms with Gasteiger partial charge in [-0.3, -0.25) is 0 Å². The quantitative estimate of drug-likeness (QED) is 0.757. The molecule has 0 spiro atoms. The zero-order valence-corrected chi connectivity index (χ0v) is 9.44. The summed E-state index contributed by atoms with van der Waals surface area (Å²) in [5.41, 5.74) is 0. The maximum Gasteiger partial charge on any atom is 0.163 e. The standard InChI is InChI=1S/C11H20O4/c1-11(2)14-7-10(15-11)9-6-13-5-8(9)3-4-12/h8-10,12H,3-7H2,1-2H3. The lowest BCUT2D eigenvalue weighted by Gasteiger charge is -2.23. The largest absolute Gasteiger partial charge is 0.396 e. The molecule has 2 saturated heterocycles. The van der Waals surface area contributed by atoms with E-state index >= 15 is 0 Å². The van der Waals surface area contributed by atoms with Crippen LogP contribution in [-0.4, -0.2) is 43.4 Å². The average molecular weight is 216 g/mol. The van der Waals surface area contributed by atoms with E-state index in [0.29, 0.717) is 18.4 Å². The van der Waals surface area contributed by atoms with Gasteiger partial charge >= 0.3 is 0 Å². The molecule has 2 aliphatic rings. The molecule has 1 N–H and O–H groups in total. The van der Waals surface area contributed by atoms with Crippen molar-refractivity contribution in [1.29, 1.82) is 0 Å². The normalized spacial score (nSPS) is 39.8. The fraction of sp³-hybridized carbons (Fsp3) is 1.00. The van der Waals surface area contributed by atoms with Crippen LogP contribution < -0.4 is 0 Å². The van der Waals surface area contributed by atoms with E-state index in [2.05, 4.69) is 0 Å². The van der Waals surface area contributed by atoms with Crippen LogP contribution >= 0.6 is 0 Å². The van der Waals surface area contributed by atoms with Gasteiger partial charge in [0.1, 0.15) is 0 Å². The highest BCUT2D eigenvalue weighted by Crippen LogP contribution is 2.34. The second kappa shape index (κ2) is 4.37. The van der Waals surface area contributed by atoms with Crippen molar-refractivity contribution in [1.82, 2.24) is 0 Å². The molecule has 88 valence electrons. The Balaban J connectivity index is 1.93. The molecule has 0 saturated carbocycles. The lowest BCUT2D eigenvalue weighted by Crippen LogP contribution is -2.31. The first-order chi connectivity index (χ1) is 7.12. The summed E-state index contributed by atoms with van der Waals surface area (Å²) in [5, 5.41) is 8.96. The highest BCUT2D eigenvalue weighted by Gasteiger charge is 2.42. The van der Waals surface area contributed by atoms with Crippen LogP contribution in [0.25, 0.3) is 0 Å². The molecule has 4 nitrogen and oxygen atoms in total. The number of hydrogen-bond acceptors (Lipinski definition) is 4. The van der Waals surface area contributed by atoms with Crippen LogP contribution in [0.3, 0.4) is 0 Å². The van der Waals surface area contributed by atoms with E-state index in [0.717, 1.165) is 19.6 Å². The Kier molecular flexibility index (Phi) is 3.30. The Morgan fingerprint density at radius 2 is 2.07 bits per heavy atom. The van der Waals surface area contributed by atoms with Gasteiger partial charge in [-0.2, -0.15) is 0 Å². The number of hydrogen-bond donors (Lipinski definition) is 1. The lowest BCUT2D eigenvalue weighted by atomic mass is 9.89. The second-order valence-corrected chi connectivity index (χ2v) is 4.84. The number of rotatable bonds is 3. The maximum atomic E-state index is 8.96. The van der Waals surface area contributed by atoms with E-state index in [9.17, 15) is 0 Å². The van der Waals surface area contributed by atoms with E-state index < -0.39 is 5.79 Å². The molecule has 15 heavy (non-hydrogen) atoms. The van der Waals surface area contributed by atoms with Crippen LogP contribution in [0.5, 0.6) is 0 Å². The SMILES string of the molecule is CC1(C)OCC(C2COCC2CCO)O1.